The van der Waals surface area contributed by atoms with E-state index >= 15 is 0 Å². The highest BCUT2D eigenvalue weighted by Gasteiger charge is 2.31. The van der Waals surface area contributed by atoms with Crippen molar-refractivity contribution in [2.75, 3.05) is 6.61 Å². The molecule has 0 bridgehead atoms. The normalized spacial score (nSPS) is 12.4. The van der Waals surface area contributed by atoms with Crippen LogP contribution in [0.1, 0.15) is 65.0 Å². The lowest BCUT2D eigenvalue weighted by molar-refractivity contribution is -0.143. The maximum Gasteiger partial charge on any atom is 0.261 e. The molecule has 1 N–H and O–H groups in total. The molecule has 5 nitrogen and oxygen atoms in total. The van der Waals surface area contributed by atoms with Gasteiger partial charge in [-0.3, -0.25) is 9.59 Å². The molecule has 0 spiro atoms. The first-order chi connectivity index (χ1) is 15.0. The van der Waals surface area contributed by atoms with Gasteiger partial charge in [0.1, 0.15) is 11.8 Å². The van der Waals surface area contributed by atoms with Gasteiger partial charge in [0.15, 0.2) is 6.61 Å². The molecule has 0 aliphatic heterocycles. The third-order valence-electron chi connectivity index (χ3n) is 5.04. The van der Waals surface area contributed by atoms with Crippen LogP contribution in [0.2, 0.25) is 5.02 Å². The number of nitrogens with one attached hydrogen (secondary N) is 1. The Bertz CT molecular complexity index is 904. The maximum atomic E-state index is 13.3. The first-order valence-corrected chi connectivity index (χ1v) is 11.5. The monoisotopic (exact) mass is 458 g/mol. The van der Waals surface area contributed by atoms with E-state index < -0.39 is 11.6 Å². The molecule has 1 atom stereocenters. The summed E-state index contributed by atoms with van der Waals surface area (Å²) in [6.07, 6.45) is 0.490. The highest BCUT2D eigenvalue weighted by Crippen LogP contribution is 2.26. The number of halogens is 1. The second-order valence-corrected chi connectivity index (χ2v) is 9.73. The van der Waals surface area contributed by atoms with Crippen molar-refractivity contribution in [2.45, 2.75) is 72.0 Å². The number of benzene rings is 2. The molecule has 0 aliphatic rings. The second-order valence-electron chi connectivity index (χ2n) is 9.29. The van der Waals surface area contributed by atoms with Crippen LogP contribution >= 0.6 is 11.6 Å². The van der Waals surface area contributed by atoms with Gasteiger partial charge in [0.2, 0.25) is 5.91 Å². The van der Waals surface area contributed by atoms with Gasteiger partial charge in [0.05, 0.1) is 0 Å². The molecule has 0 radical (unpaired) electrons. The Labute approximate surface area is 197 Å². The van der Waals surface area contributed by atoms with E-state index in [1.807, 2.05) is 64.1 Å². The van der Waals surface area contributed by atoms with Gasteiger partial charge in [-0.2, -0.15) is 0 Å². The Balaban J connectivity index is 2.27. The van der Waals surface area contributed by atoms with Crippen molar-refractivity contribution in [1.82, 2.24) is 10.2 Å². The van der Waals surface area contributed by atoms with E-state index in [4.69, 9.17) is 16.3 Å². The Morgan fingerprint density at radius 3 is 2.25 bits per heavy atom. The van der Waals surface area contributed by atoms with Crippen LogP contribution in [0.4, 0.5) is 0 Å². The lowest BCUT2D eigenvalue weighted by Crippen LogP contribution is -2.54. The van der Waals surface area contributed by atoms with Crippen molar-refractivity contribution in [2.24, 2.45) is 0 Å². The summed E-state index contributed by atoms with van der Waals surface area (Å²) in [6, 6.07) is 14.4. The largest absolute Gasteiger partial charge is 0.483 e. The lowest BCUT2D eigenvalue weighted by atomic mass is 10.0. The van der Waals surface area contributed by atoms with E-state index in [1.54, 1.807) is 17.0 Å². The van der Waals surface area contributed by atoms with Gasteiger partial charge in [-0.25, -0.2) is 0 Å². The summed E-state index contributed by atoms with van der Waals surface area (Å²) in [6.45, 7) is 12.0. The summed E-state index contributed by atoms with van der Waals surface area (Å²) in [4.78, 5) is 28.0. The fourth-order valence-electron chi connectivity index (χ4n) is 3.47. The standard InChI is InChI=1S/C26H35ClN2O3/c1-7-22(25(31)28-26(4,5)6)29(16-19-12-14-20(27)15-13-19)24(30)17-32-23-11-9-8-10-21(23)18(2)3/h8-15,18,22H,7,16-17H2,1-6H3,(H,28,31)/t22-/m1/s1. The van der Waals surface area contributed by atoms with Crippen LogP contribution in [-0.4, -0.2) is 34.9 Å². The molecular weight excluding hydrogens is 424 g/mol. The zero-order chi connectivity index (χ0) is 23.9. The van der Waals surface area contributed by atoms with E-state index in [0.29, 0.717) is 23.7 Å². The van der Waals surface area contributed by atoms with Crippen LogP contribution in [-0.2, 0) is 16.1 Å². The predicted octanol–water partition coefficient (Wildman–Crippen LogP) is 5.56. The molecule has 2 amide bonds. The van der Waals surface area contributed by atoms with Crippen molar-refractivity contribution in [3.05, 3.63) is 64.7 Å². The Kier molecular flexibility index (Phi) is 9.14. The molecule has 0 aromatic heterocycles. The number of para-hydroxylation sites is 1. The minimum Gasteiger partial charge on any atom is -0.483 e. The third kappa shape index (κ3) is 7.56. The number of carbonyl (C=O) groups is 2. The van der Waals surface area contributed by atoms with Crippen LogP contribution < -0.4 is 10.1 Å². The molecule has 32 heavy (non-hydrogen) atoms. The van der Waals surface area contributed by atoms with E-state index in [-0.39, 0.29) is 24.3 Å². The predicted molar refractivity (Wildman–Crippen MR) is 130 cm³/mol. The van der Waals surface area contributed by atoms with Gasteiger partial charge >= 0.3 is 0 Å². The molecule has 0 heterocycles. The highest BCUT2D eigenvalue weighted by atomic mass is 35.5. The first-order valence-electron chi connectivity index (χ1n) is 11.1. The average molecular weight is 459 g/mol. The van der Waals surface area contributed by atoms with Gasteiger partial charge in [0.25, 0.3) is 5.91 Å². The molecule has 0 aliphatic carbocycles. The molecule has 6 heteroatoms. The molecule has 2 rings (SSSR count). The molecule has 0 fully saturated rings. The molecule has 2 aromatic carbocycles. The quantitative estimate of drug-likeness (QED) is 0.534. The van der Waals surface area contributed by atoms with Crippen molar-refractivity contribution in [3.8, 4) is 5.75 Å². The van der Waals surface area contributed by atoms with E-state index in [9.17, 15) is 9.59 Å². The molecule has 0 saturated carbocycles. The number of ether oxygens (including phenoxy) is 1. The minimum atomic E-state index is -0.610. The Hall–Kier alpha value is -2.53. The second kappa shape index (κ2) is 11.4. The minimum absolute atomic E-state index is 0.142. The molecular formula is C26H35ClN2O3. The van der Waals surface area contributed by atoms with Crippen LogP contribution in [0.3, 0.4) is 0 Å². The van der Waals surface area contributed by atoms with Gasteiger partial charge in [-0.15, -0.1) is 0 Å². The maximum absolute atomic E-state index is 13.3. The van der Waals surface area contributed by atoms with Crippen LogP contribution in [0.15, 0.2) is 48.5 Å². The Morgan fingerprint density at radius 1 is 1.06 bits per heavy atom. The smallest absolute Gasteiger partial charge is 0.261 e. The molecule has 0 saturated heterocycles. The van der Waals surface area contributed by atoms with Crippen molar-refractivity contribution in [3.63, 3.8) is 0 Å². The number of carbonyl (C=O) groups excluding carboxylic acids is 2. The fourth-order valence-corrected chi connectivity index (χ4v) is 3.60. The summed E-state index contributed by atoms with van der Waals surface area (Å²) in [5.41, 5.74) is 1.54. The van der Waals surface area contributed by atoms with Gasteiger partial charge in [-0.05, 0) is 62.4 Å². The fraction of sp³-hybridized carbons (Fsp3) is 0.462. The van der Waals surface area contributed by atoms with Crippen LogP contribution in [0.5, 0.6) is 5.75 Å². The van der Waals surface area contributed by atoms with Crippen molar-refractivity contribution >= 4 is 23.4 Å². The molecule has 2 aromatic rings. The molecule has 174 valence electrons. The average Bonchev–Trinajstić information content (AvgIpc) is 2.72. The van der Waals surface area contributed by atoms with Gasteiger partial charge < -0.3 is 15.0 Å². The summed E-state index contributed by atoms with van der Waals surface area (Å²) in [5.74, 6) is 0.543. The van der Waals surface area contributed by atoms with Gasteiger partial charge in [-0.1, -0.05) is 62.7 Å². The zero-order valence-corrected chi connectivity index (χ0v) is 20.7. The number of amides is 2. The Morgan fingerprint density at radius 2 is 1.69 bits per heavy atom. The van der Waals surface area contributed by atoms with Crippen LogP contribution in [0.25, 0.3) is 0 Å². The zero-order valence-electron chi connectivity index (χ0n) is 19.9. The third-order valence-corrected chi connectivity index (χ3v) is 5.29. The lowest BCUT2D eigenvalue weighted by Gasteiger charge is -2.33. The first kappa shape index (κ1) is 25.7. The highest BCUT2D eigenvalue weighted by molar-refractivity contribution is 6.30. The summed E-state index contributed by atoms with van der Waals surface area (Å²) >= 11 is 6.02. The summed E-state index contributed by atoms with van der Waals surface area (Å²) in [7, 11) is 0. The van der Waals surface area contributed by atoms with E-state index in [0.717, 1.165) is 11.1 Å². The molecule has 0 unspecified atom stereocenters. The van der Waals surface area contributed by atoms with E-state index in [2.05, 4.69) is 19.2 Å². The van der Waals surface area contributed by atoms with Gasteiger partial charge in [0, 0.05) is 17.1 Å². The van der Waals surface area contributed by atoms with E-state index in [1.165, 1.54) is 0 Å². The van der Waals surface area contributed by atoms with Crippen molar-refractivity contribution in [1.29, 1.82) is 0 Å². The van der Waals surface area contributed by atoms with Crippen LogP contribution in [0, 0.1) is 0 Å². The summed E-state index contributed by atoms with van der Waals surface area (Å²) in [5, 5.41) is 3.63. The summed E-state index contributed by atoms with van der Waals surface area (Å²) < 4.78 is 5.93. The number of nitrogens with zero attached hydrogens (tertiary/aromatic N) is 1. The SMILES string of the molecule is CC[C@H](C(=O)NC(C)(C)C)N(Cc1ccc(Cl)cc1)C(=O)COc1ccccc1C(C)C. The number of rotatable bonds is 9. The number of hydrogen-bond donors (Lipinski definition) is 1. The topological polar surface area (TPSA) is 58.6 Å². The van der Waals surface area contributed by atoms with Crippen molar-refractivity contribution < 1.29 is 14.3 Å². The number of hydrogen-bond acceptors (Lipinski definition) is 3.